The molecule has 1 aromatic heterocycles. The topological polar surface area (TPSA) is 48.3 Å². The minimum Gasteiger partial charge on any atom is -0.382 e. The fraction of sp³-hybridized carbons (Fsp3) is 0.786. The highest BCUT2D eigenvalue weighted by atomic mass is 16.5. The van der Waals surface area contributed by atoms with E-state index in [-0.39, 0.29) is 0 Å². The Morgan fingerprint density at radius 2 is 2.00 bits per heavy atom. The Balaban J connectivity index is 2.13. The molecular weight excluding hydrogens is 242 g/mol. The molecule has 19 heavy (non-hydrogen) atoms. The number of rotatable bonds is 12. The molecule has 0 unspecified atom stereocenters. The first-order chi connectivity index (χ1) is 9.38. The Morgan fingerprint density at radius 3 is 2.79 bits per heavy atom. The highest BCUT2D eigenvalue weighted by Gasteiger charge is 2.01. The average Bonchev–Trinajstić information content (AvgIpc) is 2.86. The molecule has 0 radical (unpaired) electrons. The van der Waals surface area contributed by atoms with Gasteiger partial charge in [0.05, 0.1) is 6.61 Å². The summed E-state index contributed by atoms with van der Waals surface area (Å²) in [6.07, 6.45) is 7.13. The van der Waals surface area contributed by atoms with Crippen LogP contribution < -0.4 is 5.32 Å². The largest absolute Gasteiger partial charge is 0.382 e. The molecular formula is C14H27N3O2. The second-order valence-corrected chi connectivity index (χ2v) is 4.39. The number of anilines is 1. The molecule has 1 N–H and O–H groups in total. The lowest BCUT2D eigenvalue weighted by atomic mass is 10.4. The van der Waals surface area contributed by atoms with Gasteiger partial charge in [-0.1, -0.05) is 13.3 Å². The molecule has 5 heteroatoms. The van der Waals surface area contributed by atoms with E-state index in [2.05, 4.69) is 21.8 Å². The second kappa shape index (κ2) is 10.8. The van der Waals surface area contributed by atoms with Crippen molar-refractivity contribution in [2.24, 2.45) is 0 Å². The summed E-state index contributed by atoms with van der Waals surface area (Å²) < 4.78 is 13.0. The summed E-state index contributed by atoms with van der Waals surface area (Å²) in [4.78, 5) is 4.30. The van der Waals surface area contributed by atoms with E-state index in [9.17, 15) is 0 Å². The van der Waals surface area contributed by atoms with Gasteiger partial charge in [0.1, 0.15) is 0 Å². The first kappa shape index (κ1) is 16.0. The normalized spacial score (nSPS) is 10.8. The van der Waals surface area contributed by atoms with Crippen LogP contribution in [-0.4, -0.2) is 42.5 Å². The Bertz CT molecular complexity index is 315. The molecule has 5 nitrogen and oxygen atoms in total. The lowest BCUT2D eigenvalue weighted by Gasteiger charge is -2.10. The summed E-state index contributed by atoms with van der Waals surface area (Å²) in [5.74, 6) is 0.913. The van der Waals surface area contributed by atoms with E-state index in [1.807, 2.05) is 19.3 Å². The van der Waals surface area contributed by atoms with E-state index < -0.39 is 0 Å². The van der Waals surface area contributed by atoms with Crippen molar-refractivity contribution in [1.82, 2.24) is 9.55 Å². The van der Waals surface area contributed by atoms with E-state index in [0.717, 1.165) is 58.3 Å². The summed E-state index contributed by atoms with van der Waals surface area (Å²) in [6, 6.07) is 0. The number of aromatic nitrogens is 2. The minimum atomic E-state index is 0.728. The van der Waals surface area contributed by atoms with Gasteiger partial charge in [0.15, 0.2) is 0 Å². The second-order valence-electron chi connectivity index (χ2n) is 4.39. The van der Waals surface area contributed by atoms with Crippen LogP contribution in [0, 0.1) is 0 Å². The molecule has 0 saturated heterocycles. The van der Waals surface area contributed by atoms with Crippen molar-refractivity contribution in [1.29, 1.82) is 0 Å². The van der Waals surface area contributed by atoms with Gasteiger partial charge in [-0.05, 0) is 19.8 Å². The molecule has 0 fully saturated rings. The highest BCUT2D eigenvalue weighted by molar-refractivity contribution is 5.25. The number of nitrogens with zero attached hydrogens (tertiary/aromatic N) is 2. The van der Waals surface area contributed by atoms with E-state index in [0.29, 0.717) is 0 Å². The van der Waals surface area contributed by atoms with Crippen LogP contribution in [0.1, 0.15) is 33.1 Å². The number of imidazole rings is 1. The molecule has 0 aliphatic rings. The third kappa shape index (κ3) is 7.18. The fourth-order valence-corrected chi connectivity index (χ4v) is 1.72. The fourth-order valence-electron chi connectivity index (χ4n) is 1.72. The molecule has 0 bridgehead atoms. The maximum absolute atomic E-state index is 5.51. The molecule has 0 aromatic carbocycles. The van der Waals surface area contributed by atoms with Gasteiger partial charge in [-0.25, -0.2) is 4.98 Å². The third-order valence-corrected chi connectivity index (χ3v) is 2.78. The smallest absolute Gasteiger partial charge is 0.202 e. The molecule has 0 amide bonds. The highest BCUT2D eigenvalue weighted by Crippen LogP contribution is 2.05. The van der Waals surface area contributed by atoms with Crippen LogP contribution in [-0.2, 0) is 16.0 Å². The monoisotopic (exact) mass is 269 g/mol. The zero-order chi connectivity index (χ0) is 13.8. The Morgan fingerprint density at radius 1 is 1.16 bits per heavy atom. The summed E-state index contributed by atoms with van der Waals surface area (Å²) in [6.45, 7) is 9.07. The molecule has 0 aliphatic heterocycles. The maximum atomic E-state index is 5.51. The number of hydrogen-bond acceptors (Lipinski definition) is 4. The van der Waals surface area contributed by atoms with E-state index in [1.165, 1.54) is 6.42 Å². The van der Waals surface area contributed by atoms with Crippen molar-refractivity contribution in [3.05, 3.63) is 12.4 Å². The summed E-state index contributed by atoms with van der Waals surface area (Å²) >= 11 is 0. The Labute approximate surface area is 116 Å². The SMILES string of the molecule is CCCCOCCNc1nccn1CCCOCC. The summed E-state index contributed by atoms with van der Waals surface area (Å²) in [7, 11) is 0. The van der Waals surface area contributed by atoms with Gasteiger partial charge in [0.2, 0.25) is 5.95 Å². The van der Waals surface area contributed by atoms with Crippen LogP contribution >= 0.6 is 0 Å². The zero-order valence-electron chi connectivity index (χ0n) is 12.2. The molecule has 1 rings (SSSR count). The van der Waals surface area contributed by atoms with Crippen molar-refractivity contribution in [3.63, 3.8) is 0 Å². The molecule has 1 aromatic rings. The van der Waals surface area contributed by atoms with Gasteiger partial charge < -0.3 is 19.4 Å². The van der Waals surface area contributed by atoms with Gasteiger partial charge in [-0.2, -0.15) is 0 Å². The molecule has 0 spiro atoms. The van der Waals surface area contributed by atoms with Crippen LogP contribution in [0.15, 0.2) is 12.4 Å². The van der Waals surface area contributed by atoms with E-state index >= 15 is 0 Å². The predicted molar refractivity (Wildman–Crippen MR) is 77.6 cm³/mol. The summed E-state index contributed by atoms with van der Waals surface area (Å²) in [5, 5.41) is 3.30. The molecule has 0 saturated carbocycles. The minimum absolute atomic E-state index is 0.728. The van der Waals surface area contributed by atoms with Gasteiger partial charge in [0.25, 0.3) is 0 Å². The summed E-state index contributed by atoms with van der Waals surface area (Å²) in [5.41, 5.74) is 0. The zero-order valence-corrected chi connectivity index (χ0v) is 12.2. The maximum Gasteiger partial charge on any atom is 0.202 e. The van der Waals surface area contributed by atoms with Gasteiger partial charge in [-0.15, -0.1) is 0 Å². The van der Waals surface area contributed by atoms with Crippen LogP contribution in [0.25, 0.3) is 0 Å². The molecule has 0 aliphatic carbocycles. The lowest BCUT2D eigenvalue weighted by molar-refractivity contribution is 0.140. The number of unbranched alkanes of at least 4 members (excludes halogenated alkanes) is 1. The Kier molecular flexibility index (Phi) is 9.10. The van der Waals surface area contributed by atoms with Crippen LogP contribution in [0.4, 0.5) is 5.95 Å². The standard InChI is InChI=1S/C14H27N3O2/c1-3-5-11-19-13-8-16-14-15-7-10-17(14)9-6-12-18-4-2/h7,10H,3-6,8-9,11-13H2,1-2H3,(H,15,16). The van der Waals surface area contributed by atoms with E-state index in [4.69, 9.17) is 9.47 Å². The number of nitrogens with one attached hydrogen (secondary N) is 1. The van der Waals surface area contributed by atoms with Crippen LogP contribution in [0.5, 0.6) is 0 Å². The van der Waals surface area contributed by atoms with E-state index in [1.54, 1.807) is 0 Å². The molecule has 0 atom stereocenters. The first-order valence-electron chi connectivity index (χ1n) is 7.29. The van der Waals surface area contributed by atoms with Crippen molar-refractivity contribution < 1.29 is 9.47 Å². The average molecular weight is 269 g/mol. The quantitative estimate of drug-likeness (QED) is 0.592. The van der Waals surface area contributed by atoms with Crippen molar-refractivity contribution in [2.75, 3.05) is 38.3 Å². The molecule has 110 valence electrons. The van der Waals surface area contributed by atoms with Crippen molar-refractivity contribution in [3.8, 4) is 0 Å². The van der Waals surface area contributed by atoms with Gasteiger partial charge >= 0.3 is 0 Å². The number of hydrogen-bond donors (Lipinski definition) is 1. The van der Waals surface area contributed by atoms with Gasteiger partial charge in [-0.3, -0.25) is 0 Å². The number of ether oxygens (including phenoxy) is 2. The van der Waals surface area contributed by atoms with Gasteiger partial charge in [0, 0.05) is 45.3 Å². The van der Waals surface area contributed by atoms with Crippen molar-refractivity contribution in [2.45, 2.75) is 39.7 Å². The third-order valence-electron chi connectivity index (χ3n) is 2.78. The van der Waals surface area contributed by atoms with Crippen LogP contribution in [0.2, 0.25) is 0 Å². The predicted octanol–water partition coefficient (Wildman–Crippen LogP) is 2.54. The molecule has 1 heterocycles. The van der Waals surface area contributed by atoms with Crippen molar-refractivity contribution >= 4 is 5.95 Å². The lowest BCUT2D eigenvalue weighted by Crippen LogP contribution is -2.14. The first-order valence-corrected chi connectivity index (χ1v) is 7.29. The van der Waals surface area contributed by atoms with Crippen LogP contribution in [0.3, 0.4) is 0 Å². The Hall–Kier alpha value is -1.07. The number of aryl methyl sites for hydroxylation is 1.